The maximum atomic E-state index is 11.8. The van der Waals surface area contributed by atoms with Gasteiger partial charge in [-0.2, -0.15) is 17.0 Å². The fourth-order valence-electron chi connectivity index (χ4n) is 2.05. The zero-order valence-corrected chi connectivity index (χ0v) is 10.8. The van der Waals surface area contributed by atoms with Crippen LogP contribution in [-0.4, -0.2) is 35.4 Å². The standard InChI is InChI=1S/C12H20N2OS/c1-14(11-6-3-2-4-7-11)12(15)10-16-9-5-8-13/h11H,2-7,9-10H2,1H3. The number of nitrogens with zero attached hydrogens (tertiary/aromatic N) is 2. The van der Waals surface area contributed by atoms with Crippen LogP contribution in [0.5, 0.6) is 0 Å². The molecule has 0 atom stereocenters. The van der Waals surface area contributed by atoms with Crippen molar-refractivity contribution in [2.24, 2.45) is 0 Å². The maximum Gasteiger partial charge on any atom is 0.232 e. The van der Waals surface area contributed by atoms with Crippen LogP contribution in [0.4, 0.5) is 0 Å². The normalized spacial score (nSPS) is 16.8. The van der Waals surface area contributed by atoms with Gasteiger partial charge in [0.25, 0.3) is 0 Å². The Balaban J connectivity index is 2.21. The fourth-order valence-corrected chi connectivity index (χ4v) is 2.81. The molecule has 0 N–H and O–H groups in total. The van der Waals surface area contributed by atoms with Crippen molar-refractivity contribution in [3.05, 3.63) is 0 Å². The van der Waals surface area contributed by atoms with E-state index in [0.717, 1.165) is 18.6 Å². The number of nitriles is 1. The van der Waals surface area contributed by atoms with E-state index in [2.05, 4.69) is 6.07 Å². The molecule has 1 aliphatic rings. The van der Waals surface area contributed by atoms with Crippen molar-refractivity contribution in [1.29, 1.82) is 5.26 Å². The van der Waals surface area contributed by atoms with Gasteiger partial charge in [0.15, 0.2) is 0 Å². The minimum Gasteiger partial charge on any atom is -0.342 e. The Morgan fingerprint density at radius 2 is 2.12 bits per heavy atom. The first-order valence-corrected chi connectivity index (χ1v) is 7.11. The van der Waals surface area contributed by atoms with E-state index < -0.39 is 0 Å². The monoisotopic (exact) mass is 240 g/mol. The second-order valence-electron chi connectivity index (χ2n) is 4.26. The van der Waals surface area contributed by atoms with E-state index >= 15 is 0 Å². The Hall–Kier alpha value is -0.690. The predicted octanol–water partition coefficient (Wildman–Crippen LogP) is 2.42. The molecule has 0 aromatic rings. The molecule has 1 rings (SSSR count). The lowest BCUT2D eigenvalue weighted by atomic mass is 9.94. The number of thioether (sulfide) groups is 1. The van der Waals surface area contributed by atoms with E-state index in [1.807, 2.05) is 11.9 Å². The molecule has 16 heavy (non-hydrogen) atoms. The van der Waals surface area contributed by atoms with E-state index in [-0.39, 0.29) is 5.91 Å². The smallest absolute Gasteiger partial charge is 0.232 e. The van der Waals surface area contributed by atoms with Crippen molar-refractivity contribution in [3.63, 3.8) is 0 Å². The van der Waals surface area contributed by atoms with Crippen molar-refractivity contribution >= 4 is 17.7 Å². The predicted molar refractivity (Wildman–Crippen MR) is 67.2 cm³/mol. The van der Waals surface area contributed by atoms with Gasteiger partial charge in [0.1, 0.15) is 0 Å². The molecule has 0 aromatic carbocycles. The highest BCUT2D eigenvalue weighted by atomic mass is 32.2. The summed E-state index contributed by atoms with van der Waals surface area (Å²) in [5.41, 5.74) is 0. The molecule has 90 valence electrons. The lowest BCUT2D eigenvalue weighted by Crippen LogP contribution is -2.39. The summed E-state index contributed by atoms with van der Waals surface area (Å²) in [6.07, 6.45) is 6.67. The molecule has 0 spiro atoms. The summed E-state index contributed by atoms with van der Waals surface area (Å²) in [4.78, 5) is 13.7. The van der Waals surface area contributed by atoms with Crippen LogP contribution in [0.15, 0.2) is 0 Å². The Morgan fingerprint density at radius 3 is 2.75 bits per heavy atom. The number of hydrogen-bond acceptors (Lipinski definition) is 3. The Kier molecular flexibility index (Phi) is 6.32. The van der Waals surface area contributed by atoms with Crippen LogP contribution in [0, 0.1) is 11.3 Å². The van der Waals surface area contributed by atoms with Crippen LogP contribution in [0.1, 0.15) is 38.5 Å². The third-order valence-electron chi connectivity index (χ3n) is 3.10. The average Bonchev–Trinajstić information content (AvgIpc) is 2.34. The van der Waals surface area contributed by atoms with E-state index in [4.69, 9.17) is 5.26 Å². The zero-order valence-electron chi connectivity index (χ0n) is 9.95. The summed E-state index contributed by atoms with van der Waals surface area (Å²) in [6, 6.07) is 2.54. The van der Waals surface area contributed by atoms with Crippen LogP contribution in [0.25, 0.3) is 0 Å². The third kappa shape index (κ3) is 4.44. The Bertz CT molecular complexity index is 256. The summed E-state index contributed by atoms with van der Waals surface area (Å²) in [7, 11) is 1.92. The molecule has 0 aliphatic heterocycles. The quantitative estimate of drug-likeness (QED) is 0.693. The molecule has 0 unspecified atom stereocenters. The summed E-state index contributed by atoms with van der Waals surface area (Å²) in [5, 5.41) is 8.39. The van der Waals surface area contributed by atoms with E-state index in [0.29, 0.717) is 18.2 Å². The SMILES string of the molecule is CN(C(=O)CSCCC#N)C1CCCCC1. The highest BCUT2D eigenvalue weighted by molar-refractivity contribution is 7.99. The van der Waals surface area contributed by atoms with Gasteiger partial charge in [-0.3, -0.25) is 4.79 Å². The minimum absolute atomic E-state index is 0.217. The number of hydrogen-bond donors (Lipinski definition) is 0. The number of carbonyl (C=O) groups excluding carboxylic acids is 1. The van der Waals surface area contributed by atoms with Crippen molar-refractivity contribution in [1.82, 2.24) is 4.90 Å². The molecular formula is C12H20N2OS. The Labute approximate surface area is 102 Å². The van der Waals surface area contributed by atoms with Gasteiger partial charge in [-0.1, -0.05) is 19.3 Å². The third-order valence-corrected chi connectivity index (χ3v) is 4.04. The van der Waals surface area contributed by atoms with Gasteiger partial charge in [0.05, 0.1) is 11.8 Å². The number of carbonyl (C=O) groups is 1. The van der Waals surface area contributed by atoms with Gasteiger partial charge in [-0.25, -0.2) is 0 Å². The van der Waals surface area contributed by atoms with Gasteiger partial charge < -0.3 is 4.90 Å². The second-order valence-corrected chi connectivity index (χ2v) is 5.36. The molecule has 0 saturated heterocycles. The molecule has 0 heterocycles. The van der Waals surface area contributed by atoms with Crippen molar-refractivity contribution in [2.75, 3.05) is 18.6 Å². The van der Waals surface area contributed by atoms with Crippen LogP contribution < -0.4 is 0 Å². The van der Waals surface area contributed by atoms with Crippen LogP contribution in [0.2, 0.25) is 0 Å². The molecule has 0 aromatic heterocycles. The van der Waals surface area contributed by atoms with Crippen LogP contribution >= 0.6 is 11.8 Å². The lowest BCUT2D eigenvalue weighted by Gasteiger charge is -2.31. The maximum absolute atomic E-state index is 11.8. The van der Waals surface area contributed by atoms with E-state index in [1.54, 1.807) is 11.8 Å². The first-order valence-electron chi connectivity index (χ1n) is 5.96. The summed E-state index contributed by atoms with van der Waals surface area (Å²) < 4.78 is 0. The van der Waals surface area contributed by atoms with Crippen LogP contribution in [-0.2, 0) is 4.79 Å². The van der Waals surface area contributed by atoms with Gasteiger partial charge in [0.2, 0.25) is 5.91 Å². The summed E-state index contributed by atoms with van der Waals surface area (Å²) >= 11 is 1.56. The largest absolute Gasteiger partial charge is 0.342 e. The highest BCUT2D eigenvalue weighted by Crippen LogP contribution is 2.22. The number of rotatable bonds is 5. The molecule has 0 radical (unpaired) electrons. The fraction of sp³-hybridized carbons (Fsp3) is 0.833. The Morgan fingerprint density at radius 1 is 1.44 bits per heavy atom. The average molecular weight is 240 g/mol. The van der Waals surface area contributed by atoms with E-state index in [1.165, 1.54) is 19.3 Å². The zero-order chi connectivity index (χ0) is 11.8. The van der Waals surface area contributed by atoms with Crippen molar-refractivity contribution in [3.8, 4) is 6.07 Å². The lowest BCUT2D eigenvalue weighted by molar-refractivity contribution is -0.129. The second kappa shape index (κ2) is 7.56. The van der Waals surface area contributed by atoms with Gasteiger partial charge in [-0.05, 0) is 12.8 Å². The van der Waals surface area contributed by atoms with E-state index in [9.17, 15) is 4.79 Å². The van der Waals surface area contributed by atoms with Crippen molar-refractivity contribution in [2.45, 2.75) is 44.6 Å². The molecule has 1 aliphatic carbocycles. The van der Waals surface area contributed by atoms with Gasteiger partial charge in [0, 0.05) is 25.3 Å². The summed E-state index contributed by atoms with van der Waals surface area (Å²) in [5.74, 6) is 1.50. The molecular weight excluding hydrogens is 220 g/mol. The molecule has 4 heteroatoms. The van der Waals surface area contributed by atoms with Crippen molar-refractivity contribution < 1.29 is 4.79 Å². The van der Waals surface area contributed by atoms with Gasteiger partial charge in [-0.15, -0.1) is 0 Å². The number of amides is 1. The minimum atomic E-state index is 0.217. The first kappa shape index (κ1) is 13.4. The topological polar surface area (TPSA) is 44.1 Å². The highest BCUT2D eigenvalue weighted by Gasteiger charge is 2.21. The molecule has 0 bridgehead atoms. The first-order chi connectivity index (χ1) is 7.75. The molecule has 3 nitrogen and oxygen atoms in total. The molecule has 1 saturated carbocycles. The molecule has 1 amide bonds. The summed E-state index contributed by atoms with van der Waals surface area (Å²) in [6.45, 7) is 0. The van der Waals surface area contributed by atoms with Gasteiger partial charge >= 0.3 is 0 Å². The van der Waals surface area contributed by atoms with Crippen LogP contribution in [0.3, 0.4) is 0 Å². The molecule has 1 fully saturated rings.